The van der Waals surface area contributed by atoms with Crippen LogP contribution >= 0.6 is 0 Å². The van der Waals surface area contributed by atoms with E-state index in [1.165, 1.54) is 0 Å². The van der Waals surface area contributed by atoms with Crippen molar-refractivity contribution in [2.75, 3.05) is 19.7 Å². The van der Waals surface area contributed by atoms with Gasteiger partial charge in [0.25, 0.3) is 0 Å². The van der Waals surface area contributed by atoms with Gasteiger partial charge in [-0.1, -0.05) is 13.8 Å². The van der Waals surface area contributed by atoms with E-state index < -0.39 is 0 Å². The maximum absolute atomic E-state index is 12.1. The number of hydrogen-bond donors (Lipinski definition) is 0. The molecule has 1 aromatic heterocycles. The van der Waals surface area contributed by atoms with Crippen LogP contribution in [-0.2, 0) is 20.9 Å². The van der Waals surface area contributed by atoms with E-state index in [4.69, 9.17) is 9.47 Å². The number of amides is 1. The van der Waals surface area contributed by atoms with E-state index in [0.29, 0.717) is 38.6 Å². The zero-order valence-corrected chi connectivity index (χ0v) is 14.0. The number of carbonyl (C=O) groups excluding carboxylic acids is 1. The molecule has 0 saturated carbocycles. The van der Waals surface area contributed by atoms with Gasteiger partial charge in [0, 0.05) is 31.8 Å². The molecule has 2 saturated heterocycles. The van der Waals surface area contributed by atoms with Crippen LogP contribution in [0.25, 0.3) is 0 Å². The number of hydrogen-bond acceptors (Lipinski definition) is 4. The molecule has 1 aromatic rings. The molecule has 0 radical (unpaired) electrons. The molecule has 1 amide bonds. The zero-order valence-electron chi connectivity index (χ0n) is 14.0. The smallest absolute Gasteiger partial charge is 0.223 e. The summed E-state index contributed by atoms with van der Waals surface area (Å²) in [6.07, 6.45) is 6.20. The third-order valence-corrected chi connectivity index (χ3v) is 4.58. The lowest BCUT2D eigenvalue weighted by Gasteiger charge is -2.53. The average Bonchev–Trinajstić information content (AvgIpc) is 2.51. The van der Waals surface area contributed by atoms with Gasteiger partial charge in [-0.25, -0.2) is 0 Å². The monoisotopic (exact) mass is 318 g/mol. The predicted octanol–water partition coefficient (Wildman–Crippen LogP) is 2.40. The Labute approximate surface area is 138 Å². The quantitative estimate of drug-likeness (QED) is 0.836. The van der Waals surface area contributed by atoms with E-state index in [1.807, 2.05) is 17.0 Å². The van der Waals surface area contributed by atoms with Gasteiger partial charge in [0.05, 0.1) is 25.8 Å². The molecule has 1 atom stereocenters. The van der Waals surface area contributed by atoms with Crippen LogP contribution in [0.4, 0.5) is 0 Å². The lowest BCUT2D eigenvalue weighted by Crippen LogP contribution is -2.67. The molecule has 2 fully saturated rings. The molecule has 1 unspecified atom stereocenters. The fourth-order valence-electron chi connectivity index (χ4n) is 3.34. The predicted molar refractivity (Wildman–Crippen MR) is 86.8 cm³/mol. The lowest BCUT2D eigenvalue weighted by molar-refractivity contribution is -0.202. The third kappa shape index (κ3) is 4.09. The highest BCUT2D eigenvalue weighted by Crippen LogP contribution is 2.36. The summed E-state index contributed by atoms with van der Waals surface area (Å²) in [4.78, 5) is 18.0. The summed E-state index contributed by atoms with van der Waals surface area (Å²) in [5, 5.41) is 0. The van der Waals surface area contributed by atoms with Crippen molar-refractivity contribution < 1.29 is 14.3 Å². The Morgan fingerprint density at radius 3 is 2.87 bits per heavy atom. The van der Waals surface area contributed by atoms with Crippen molar-refractivity contribution in [3.8, 4) is 0 Å². The summed E-state index contributed by atoms with van der Waals surface area (Å²) in [5.41, 5.74) is 0.969. The Bertz CT molecular complexity index is 526. The van der Waals surface area contributed by atoms with Gasteiger partial charge in [-0.05, 0) is 30.0 Å². The van der Waals surface area contributed by atoms with Crippen molar-refractivity contribution in [2.45, 2.75) is 51.4 Å². The van der Waals surface area contributed by atoms with Gasteiger partial charge in [-0.15, -0.1) is 0 Å². The van der Waals surface area contributed by atoms with E-state index in [1.54, 1.807) is 12.4 Å². The molecule has 0 bridgehead atoms. The first kappa shape index (κ1) is 16.4. The van der Waals surface area contributed by atoms with Gasteiger partial charge in [-0.2, -0.15) is 0 Å². The van der Waals surface area contributed by atoms with Gasteiger partial charge in [0.15, 0.2) is 0 Å². The minimum atomic E-state index is -0.173. The molecule has 3 rings (SSSR count). The van der Waals surface area contributed by atoms with Crippen LogP contribution < -0.4 is 0 Å². The van der Waals surface area contributed by atoms with Crippen molar-refractivity contribution in [1.29, 1.82) is 0 Å². The molecule has 2 aliphatic heterocycles. The second-order valence-electron chi connectivity index (χ2n) is 7.16. The van der Waals surface area contributed by atoms with Crippen LogP contribution in [0.1, 0.15) is 38.7 Å². The average molecular weight is 318 g/mol. The highest BCUT2D eigenvalue weighted by molar-refractivity contribution is 5.77. The molecular weight excluding hydrogens is 292 g/mol. The SMILES string of the molecule is CC(C)CC(=O)N1CC2(CC(OCc3ccncc3)CCO2)C1. The van der Waals surface area contributed by atoms with Gasteiger partial charge in [0.1, 0.15) is 5.60 Å². The fourth-order valence-corrected chi connectivity index (χ4v) is 3.34. The Morgan fingerprint density at radius 2 is 2.17 bits per heavy atom. The van der Waals surface area contributed by atoms with Crippen molar-refractivity contribution in [3.63, 3.8) is 0 Å². The first-order valence-electron chi connectivity index (χ1n) is 8.48. The Hall–Kier alpha value is -1.46. The van der Waals surface area contributed by atoms with Gasteiger partial charge < -0.3 is 14.4 Å². The fraction of sp³-hybridized carbons (Fsp3) is 0.667. The van der Waals surface area contributed by atoms with E-state index in [2.05, 4.69) is 18.8 Å². The summed E-state index contributed by atoms with van der Waals surface area (Å²) in [6, 6.07) is 3.95. The van der Waals surface area contributed by atoms with E-state index in [9.17, 15) is 4.79 Å². The molecule has 5 nitrogen and oxygen atoms in total. The van der Waals surface area contributed by atoms with E-state index in [0.717, 1.165) is 18.4 Å². The normalized spacial score (nSPS) is 23.1. The number of nitrogens with zero attached hydrogens (tertiary/aromatic N) is 2. The minimum absolute atomic E-state index is 0.173. The number of ether oxygens (including phenoxy) is 2. The van der Waals surface area contributed by atoms with E-state index >= 15 is 0 Å². The van der Waals surface area contributed by atoms with Crippen LogP contribution in [0.2, 0.25) is 0 Å². The Kier molecular flexibility index (Phi) is 4.97. The van der Waals surface area contributed by atoms with E-state index in [-0.39, 0.29) is 17.6 Å². The van der Waals surface area contributed by atoms with Crippen molar-refractivity contribution in [3.05, 3.63) is 30.1 Å². The van der Waals surface area contributed by atoms with Crippen LogP contribution in [0, 0.1) is 5.92 Å². The maximum atomic E-state index is 12.1. The van der Waals surface area contributed by atoms with Gasteiger partial charge in [-0.3, -0.25) is 9.78 Å². The van der Waals surface area contributed by atoms with Gasteiger partial charge in [0.2, 0.25) is 5.91 Å². The first-order valence-corrected chi connectivity index (χ1v) is 8.48. The molecule has 2 aliphatic rings. The number of pyridine rings is 1. The second-order valence-corrected chi connectivity index (χ2v) is 7.16. The Balaban J connectivity index is 1.47. The first-order chi connectivity index (χ1) is 11.1. The number of aromatic nitrogens is 1. The standard InChI is InChI=1S/C18H26N2O3/c1-14(2)9-17(21)20-12-18(13-20)10-16(5-8-23-18)22-11-15-3-6-19-7-4-15/h3-4,6-7,14,16H,5,8-13H2,1-2H3. The largest absolute Gasteiger partial charge is 0.373 e. The number of likely N-dealkylation sites (tertiary alicyclic amines) is 1. The van der Waals surface area contributed by atoms with Crippen molar-refractivity contribution >= 4 is 5.91 Å². The summed E-state index contributed by atoms with van der Waals surface area (Å²) in [7, 11) is 0. The summed E-state index contributed by atoms with van der Waals surface area (Å²) in [5.74, 6) is 0.650. The molecule has 126 valence electrons. The van der Waals surface area contributed by atoms with Crippen molar-refractivity contribution in [2.24, 2.45) is 5.92 Å². The molecule has 0 N–H and O–H groups in total. The number of carbonyl (C=O) groups is 1. The molecule has 0 aromatic carbocycles. The molecule has 3 heterocycles. The summed E-state index contributed by atoms with van der Waals surface area (Å²) >= 11 is 0. The molecule has 5 heteroatoms. The number of rotatable bonds is 5. The van der Waals surface area contributed by atoms with Crippen LogP contribution in [-0.4, -0.2) is 47.2 Å². The third-order valence-electron chi connectivity index (χ3n) is 4.58. The summed E-state index contributed by atoms with van der Waals surface area (Å²) < 4.78 is 12.0. The lowest BCUT2D eigenvalue weighted by atomic mass is 9.84. The molecule has 23 heavy (non-hydrogen) atoms. The summed E-state index contributed by atoms with van der Waals surface area (Å²) in [6.45, 7) is 6.91. The minimum Gasteiger partial charge on any atom is -0.373 e. The maximum Gasteiger partial charge on any atom is 0.223 e. The molecular formula is C18H26N2O3. The highest BCUT2D eigenvalue weighted by Gasteiger charge is 2.49. The second kappa shape index (κ2) is 6.97. The van der Waals surface area contributed by atoms with Crippen molar-refractivity contribution in [1.82, 2.24) is 9.88 Å². The van der Waals surface area contributed by atoms with Crippen LogP contribution in [0.3, 0.4) is 0 Å². The topological polar surface area (TPSA) is 51.7 Å². The molecule has 0 aliphatic carbocycles. The van der Waals surface area contributed by atoms with Gasteiger partial charge >= 0.3 is 0 Å². The van der Waals surface area contributed by atoms with Crippen LogP contribution in [0.5, 0.6) is 0 Å². The molecule has 1 spiro atoms. The highest BCUT2D eigenvalue weighted by atomic mass is 16.5. The Morgan fingerprint density at radius 1 is 1.43 bits per heavy atom. The zero-order chi connectivity index (χ0) is 16.3. The van der Waals surface area contributed by atoms with Crippen LogP contribution in [0.15, 0.2) is 24.5 Å².